The Morgan fingerprint density at radius 1 is 1.05 bits per heavy atom. The van der Waals surface area contributed by atoms with E-state index >= 15 is 0 Å². The topological polar surface area (TPSA) is 132 Å². The van der Waals surface area contributed by atoms with E-state index in [1.165, 1.54) is 0 Å². The highest BCUT2D eigenvalue weighted by molar-refractivity contribution is 7.51. The number of hydrogen-bond acceptors (Lipinski definition) is 3. The Hall–Kier alpha value is -0.910. The maximum Gasteiger partial charge on any atom is 0.325 e. The molecule has 1 saturated carbocycles. The van der Waals surface area contributed by atoms with E-state index in [1.54, 1.807) is 0 Å². The van der Waals surface area contributed by atoms with Crippen LogP contribution in [0.25, 0.3) is 0 Å². The van der Waals surface area contributed by atoms with Crippen LogP contribution in [-0.4, -0.2) is 38.1 Å². The summed E-state index contributed by atoms with van der Waals surface area (Å²) in [6.45, 7) is 0. The molecule has 1 fully saturated rings. The second kappa shape index (κ2) is 7.20. The van der Waals surface area contributed by atoms with E-state index < -0.39 is 37.5 Å². The van der Waals surface area contributed by atoms with Gasteiger partial charge in [0.05, 0.1) is 18.0 Å². The predicted octanol–water partition coefficient (Wildman–Crippen LogP) is 1.54. The lowest BCUT2D eigenvalue weighted by Gasteiger charge is -2.31. The zero-order chi connectivity index (χ0) is 15.3. The van der Waals surface area contributed by atoms with Crippen molar-refractivity contribution in [3.05, 3.63) is 0 Å². The van der Waals surface area contributed by atoms with Crippen molar-refractivity contribution < 1.29 is 34.2 Å². The minimum Gasteiger partial charge on any atom is -0.481 e. The molecule has 0 aliphatic heterocycles. The minimum absolute atomic E-state index is 0.223. The van der Waals surface area contributed by atoms with Crippen molar-refractivity contribution >= 4 is 19.5 Å². The lowest BCUT2D eigenvalue weighted by molar-refractivity contribution is -0.156. The van der Waals surface area contributed by atoms with Crippen LogP contribution < -0.4 is 0 Å². The van der Waals surface area contributed by atoms with Gasteiger partial charge in [-0.2, -0.15) is 0 Å². The average Bonchev–Trinajstić information content (AvgIpc) is 2.33. The smallest absolute Gasteiger partial charge is 0.325 e. The maximum atomic E-state index is 11.4. The summed E-state index contributed by atoms with van der Waals surface area (Å²) < 4.78 is 10.9. The van der Waals surface area contributed by atoms with Crippen LogP contribution in [0, 0.1) is 17.8 Å². The molecular formula is C12H21O7P. The molecule has 0 aromatic carbocycles. The number of carboxylic acids is 2. The highest BCUT2D eigenvalue weighted by atomic mass is 31.2. The Kier molecular flexibility index (Phi) is 6.17. The van der Waals surface area contributed by atoms with Crippen LogP contribution >= 0.6 is 7.60 Å². The largest absolute Gasteiger partial charge is 0.481 e. The van der Waals surface area contributed by atoms with E-state index in [4.69, 9.17) is 9.79 Å². The van der Waals surface area contributed by atoms with Crippen molar-refractivity contribution in [3.63, 3.8) is 0 Å². The zero-order valence-corrected chi connectivity index (χ0v) is 12.0. The zero-order valence-electron chi connectivity index (χ0n) is 11.1. The van der Waals surface area contributed by atoms with Gasteiger partial charge in [-0.05, 0) is 25.2 Å². The van der Waals surface area contributed by atoms with Gasteiger partial charge in [-0.25, -0.2) is 0 Å². The second-order valence-electron chi connectivity index (χ2n) is 5.38. The van der Waals surface area contributed by atoms with Crippen LogP contribution in [0.3, 0.4) is 0 Å². The van der Waals surface area contributed by atoms with Crippen molar-refractivity contribution in [2.45, 2.75) is 38.5 Å². The fourth-order valence-electron chi connectivity index (χ4n) is 2.96. The summed E-state index contributed by atoms with van der Waals surface area (Å²) in [7, 11) is -4.33. The molecule has 1 aliphatic rings. The van der Waals surface area contributed by atoms with E-state index in [0.29, 0.717) is 12.8 Å². The Morgan fingerprint density at radius 3 is 2.00 bits per heavy atom. The van der Waals surface area contributed by atoms with Crippen molar-refractivity contribution in [2.75, 3.05) is 6.16 Å². The molecule has 8 heteroatoms. The average molecular weight is 308 g/mol. The van der Waals surface area contributed by atoms with Gasteiger partial charge in [-0.15, -0.1) is 0 Å². The predicted molar refractivity (Wildman–Crippen MR) is 70.4 cm³/mol. The van der Waals surface area contributed by atoms with E-state index in [2.05, 4.69) is 0 Å². The Morgan fingerprint density at radius 2 is 1.60 bits per heavy atom. The molecule has 116 valence electrons. The van der Waals surface area contributed by atoms with Gasteiger partial charge < -0.3 is 20.0 Å². The third-order valence-corrected chi connectivity index (χ3v) is 4.77. The number of rotatable bonds is 7. The monoisotopic (exact) mass is 308 g/mol. The Bertz CT molecular complexity index is 397. The summed E-state index contributed by atoms with van der Waals surface area (Å²) in [4.78, 5) is 40.4. The Balaban J connectivity index is 2.85. The molecule has 0 bridgehead atoms. The first-order valence-corrected chi connectivity index (χ1v) is 8.52. The van der Waals surface area contributed by atoms with E-state index in [9.17, 15) is 24.4 Å². The molecular weight excluding hydrogens is 287 g/mol. The van der Waals surface area contributed by atoms with E-state index in [0.717, 1.165) is 19.3 Å². The lowest BCUT2D eigenvalue weighted by Crippen LogP contribution is -2.37. The van der Waals surface area contributed by atoms with Crippen LogP contribution in [-0.2, 0) is 14.2 Å². The summed E-state index contributed by atoms with van der Waals surface area (Å²) in [5, 5.41) is 18.5. The van der Waals surface area contributed by atoms with Crippen LogP contribution in [0.4, 0.5) is 0 Å². The molecule has 7 nitrogen and oxygen atoms in total. The molecule has 2 unspecified atom stereocenters. The third-order valence-electron chi connectivity index (χ3n) is 3.92. The summed E-state index contributed by atoms with van der Waals surface area (Å²) >= 11 is 0. The SMILES string of the molecule is O=C(O)C(CCP(=O)(O)O)C(C(=O)O)C1CCCCC1. The quantitative estimate of drug-likeness (QED) is 0.524. The minimum atomic E-state index is -4.33. The normalized spacial score (nSPS) is 20.3. The van der Waals surface area contributed by atoms with Gasteiger partial charge in [0.1, 0.15) is 0 Å². The molecule has 20 heavy (non-hydrogen) atoms. The van der Waals surface area contributed by atoms with Crippen molar-refractivity contribution in [2.24, 2.45) is 17.8 Å². The van der Waals surface area contributed by atoms with Crippen LogP contribution in [0.15, 0.2) is 0 Å². The fourth-order valence-corrected chi connectivity index (χ4v) is 3.57. The molecule has 0 heterocycles. The van der Waals surface area contributed by atoms with Gasteiger partial charge >= 0.3 is 19.5 Å². The molecule has 2 atom stereocenters. The third kappa shape index (κ3) is 5.23. The summed E-state index contributed by atoms with van der Waals surface area (Å²) in [6.07, 6.45) is 3.18. The summed E-state index contributed by atoms with van der Waals surface area (Å²) in [6, 6.07) is 0. The molecule has 0 saturated heterocycles. The first-order chi connectivity index (χ1) is 9.22. The van der Waals surface area contributed by atoms with E-state index in [-0.39, 0.29) is 12.3 Å². The molecule has 0 aromatic rings. The molecule has 4 N–H and O–H groups in total. The first kappa shape index (κ1) is 17.1. The number of carbonyl (C=O) groups is 2. The van der Waals surface area contributed by atoms with Gasteiger partial charge in [0.2, 0.25) is 0 Å². The Labute approximate surface area is 117 Å². The molecule has 1 rings (SSSR count). The summed E-state index contributed by atoms with van der Waals surface area (Å²) in [5.41, 5.74) is 0. The van der Waals surface area contributed by atoms with Crippen molar-refractivity contribution in [1.82, 2.24) is 0 Å². The van der Waals surface area contributed by atoms with Crippen LogP contribution in [0.1, 0.15) is 38.5 Å². The highest BCUT2D eigenvalue weighted by Crippen LogP contribution is 2.40. The van der Waals surface area contributed by atoms with E-state index in [1.807, 2.05) is 0 Å². The highest BCUT2D eigenvalue weighted by Gasteiger charge is 2.40. The maximum absolute atomic E-state index is 11.4. The second-order valence-corrected chi connectivity index (χ2v) is 7.16. The van der Waals surface area contributed by atoms with Gasteiger partial charge in [-0.1, -0.05) is 19.3 Å². The summed E-state index contributed by atoms with van der Waals surface area (Å²) in [5.74, 6) is -5.02. The van der Waals surface area contributed by atoms with Gasteiger partial charge in [-0.3, -0.25) is 14.2 Å². The van der Waals surface area contributed by atoms with Crippen molar-refractivity contribution in [3.8, 4) is 0 Å². The molecule has 1 aliphatic carbocycles. The molecule has 0 amide bonds. The first-order valence-electron chi connectivity index (χ1n) is 6.72. The van der Waals surface area contributed by atoms with Crippen LogP contribution in [0.2, 0.25) is 0 Å². The molecule has 0 spiro atoms. The standard InChI is InChI=1S/C12H21O7P/c13-11(14)9(6-7-20(17,18)19)10(12(15)16)8-4-2-1-3-5-8/h8-10H,1-7H2,(H,13,14)(H,15,16)(H2,17,18,19). The van der Waals surface area contributed by atoms with Crippen LogP contribution in [0.5, 0.6) is 0 Å². The van der Waals surface area contributed by atoms with Crippen molar-refractivity contribution in [1.29, 1.82) is 0 Å². The van der Waals surface area contributed by atoms with Gasteiger partial charge in [0.15, 0.2) is 0 Å². The number of carboxylic acid groups (broad SMARTS) is 2. The lowest BCUT2D eigenvalue weighted by atomic mass is 9.73. The van der Waals surface area contributed by atoms with Gasteiger partial charge in [0, 0.05) is 0 Å². The van der Waals surface area contributed by atoms with Gasteiger partial charge in [0.25, 0.3) is 0 Å². The molecule has 0 aromatic heterocycles. The molecule has 0 radical (unpaired) electrons. The number of hydrogen-bond donors (Lipinski definition) is 4. The fraction of sp³-hybridized carbons (Fsp3) is 0.833. The number of aliphatic carboxylic acids is 2.